The molecule has 30 heavy (non-hydrogen) atoms. The van der Waals surface area contributed by atoms with Gasteiger partial charge < -0.3 is 15.4 Å². The summed E-state index contributed by atoms with van der Waals surface area (Å²) in [5, 5.41) is 17.3. The zero-order valence-corrected chi connectivity index (χ0v) is 15.8. The Morgan fingerprint density at radius 1 is 0.933 bits per heavy atom. The molecule has 2 N–H and O–H groups in total. The number of nitrogens with one attached hydrogen (secondary N) is 2. The van der Waals surface area contributed by atoms with Gasteiger partial charge in [0, 0.05) is 11.4 Å². The second-order valence-corrected chi connectivity index (χ2v) is 6.38. The van der Waals surface area contributed by atoms with Gasteiger partial charge >= 0.3 is 12.0 Å². The van der Waals surface area contributed by atoms with Crippen LogP contribution in [0, 0.1) is 24.0 Å². The normalized spacial score (nSPS) is 11.1. The molecule has 1 heterocycles. The molecule has 0 aliphatic heterocycles. The predicted molar refractivity (Wildman–Crippen MR) is 104 cm³/mol. The van der Waals surface area contributed by atoms with Crippen LogP contribution < -0.4 is 15.4 Å². The van der Waals surface area contributed by atoms with Crippen molar-refractivity contribution >= 4 is 28.7 Å². The lowest BCUT2D eigenvalue weighted by Gasteiger charge is -2.12. The lowest BCUT2D eigenvalue weighted by molar-refractivity contribution is -0.383. The molecule has 3 rings (SSSR count). The first-order chi connectivity index (χ1) is 14.1. The number of alkyl halides is 3. The van der Waals surface area contributed by atoms with Crippen molar-refractivity contribution in [2.75, 3.05) is 10.6 Å². The SMILES string of the molecule is Cc1cc(C)cc(Nc2ncnc(Nc3ccc(OC(F)(F)F)cc3)c2[N+](=O)[O-])c1. The maximum absolute atomic E-state index is 12.3. The average Bonchev–Trinajstić information content (AvgIpc) is 2.61. The number of aromatic nitrogens is 2. The summed E-state index contributed by atoms with van der Waals surface area (Å²) in [7, 11) is 0. The molecule has 8 nitrogen and oxygen atoms in total. The molecule has 0 saturated carbocycles. The van der Waals surface area contributed by atoms with Crippen LogP contribution in [0.25, 0.3) is 0 Å². The molecule has 3 aromatic rings. The van der Waals surface area contributed by atoms with Crippen molar-refractivity contribution < 1.29 is 22.8 Å². The Labute approximate surface area is 168 Å². The number of hydrogen-bond acceptors (Lipinski definition) is 7. The van der Waals surface area contributed by atoms with Gasteiger partial charge in [-0.05, 0) is 61.4 Å². The number of ether oxygens (including phenoxy) is 1. The maximum Gasteiger partial charge on any atom is 0.573 e. The van der Waals surface area contributed by atoms with Gasteiger partial charge in [0.2, 0.25) is 11.6 Å². The summed E-state index contributed by atoms with van der Waals surface area (Å²) in [4.78, 5) is 18.9. The summed E-state index contributed by atoms with van der Waals surface area (Å²) in [6.07, 6.45) is -3.67. The third-order valence-corrected chi connectivity index (χ3v) is 3.84. The smallest absolute Gasteiger partial charge is 0.406 e. The third kappa shape index (κ3) is 5.34. The number of rotatable bonds is 6. The van der Waals surface area contributed by atoms with E-state index in [9.17, 15) is 23.3 Å². The summed E-state index contributed by atoms with van der Waals surface area (Å²) in [6.45, 7) is 3.79. The Hall–Kier alpha value is -3.89. The van der Waals surface area contributed by atoms with Gasteiger partial charge in [0.15, 0.2) is 0 Å². The van der Waals surface area contributed by atoms with Crippen molar-refractivity contribution in [3.8, 4) is 5.75 Å². The van der Waals surface area contributed by atoms with Crippen LogP contribution in [0.1, 0.15) is 11.1 Å². The molecule has 0 bridgehead atoms. The Morgan fingerprint density at radius 3 is 1.97 bits per heavy atom. The molecule has 11 heteroatoms. The van der Waals surface area contributed by atoms with E-state index in [0.717, 1.165) is 29.6 Å². The summed E-state index contributed by atoms with van der Waals surface area (Å²) in [6, 6.07) is 10.3. The van der Waals surface area contributed by atoms with Gasteiger partial charge in [-0.3, -0.25) is 10.1 Å². The molecule has 156 valence electrons. The van der Waals surface area contributed by atoms with Crippen LogP contribution >= 0.6 is 0 Å². The van der Waals surface area contributed by atoms with Gasteiger partial charge in [-0.25, -0.2) is 9.97 Å². The highest BCUT2D eigenvalue weighted by Gasteiger charge is 2.31. The number of aryl methyl sites for hydroxylation is 2. The van der Waals surface area contributed by atoms with Crippen molar-refractivity contribution in [2.45, 2.75) is 20.2 Å². The minimum absolute atomic E-state index is 0.0282. The molecule has 0 atom stereocenters. The van der Waals surface area contributed by atoms with Gasteiger partial charge in [0.25, 0.3) is 0 Å². The maximum atomic E-state index is 12.3. The van der Waals surface area contributed by atoms with Gasteiger partial charge in [-0.2, -0.15) is 0 Å². The molecule has 0 aliphatic rings. The van der Waals surface area contributed by atoms with E-state index in [4.69, 9.17) is 0 Å². The van der Waals surface area contributed by atoms with E-state index in [1.165, 1.54) is 12.1 Å². The largest absolute Gasteiger partial charge is 0.573 e. The predicted octanol–water partition coefficient (Wildman–Crippen LogP) is 5.39. The number of halogens is 3. The minimum atomic E-state index is -4.81. The lowest BCUT2D eigenvalue weighted by atomic mass is 10.1. The second kappa shape index (κ2) is 8.23. The second-order valence-electron chi connectivity index (χ2n) is 6.38. The summed E-state index contributed by atoms with van der Waals surface area (Å²) in [5.74, 6) is -0.562. The van der Waals surface area contributed by atoms with E-state index in [1.54, 1.807) is 0 Å². The van der Waals surface area contributed by atoms with Gasteiger partial charge in [0.05, 0.1) is 4.92 Å². The van der Waals surface area contributed by atoms with Gasteiger partial charge in [-0.15, -0.1) is 13.2 Å². The van der Waals surface area contributed by atoms with Crippen LogP contribution in [0.2, 0.25) is 0 Å². The van der Waals surface area contributed by atoms with E-state index in [1.807, 2.05) is 32.0 Å². The Kier molecular flexibility index (Phi) is 5.72. The monoisotopic (exact) mass is 419 g/mol. The van der Waals surface area contributed by atoms with Crippen LogP contribution in [0.5, 0.6) is 5.75 Å². The fourth-order valence-electron chi connectivity index (χ4n) is 2.79. The number of nitrogens with zero attached hydrogens (tertiary/aromatic N) is 3. The van der Waals surface area contributed by atoms with Gasteiger partial charge in [-0.1, -0.05) is 6.07 Å². The number of hydrogen-bond donors (Lipinski definition) is 2. The highest BCUT2D eigenvalue weighted by Crippen LogP contribution is 2.34. The summed E-state index contributed by atoms with van der Waals surface area (Å²) in [5.41, 5.74) is 2.42. The molecule has 0 spiro atoms. The van der Waals surface area contributed by atoms with E-state index in [-0.39, 0.29) is 17.3 Å². The van der Waals surface area contributed by atoms with Crippen molar-refractivity contribution in [2.24, 2.45) is 0 Å². The first-order valence-corrected chi connectivity index (χ1v) is 8.58. The molecule has 0 radical (unpaired) electrons. The molecular weight excluding hydrogens is 403 g/mol. The van der Waals surface area contributed by atoms with Crippen LogP contribution in [-0.2, 0) is 0 Å². The minimum Gasteiger partial charge on any atom is -0.406 e. The molecular formula is C19H16F3N5O3. The van der Waals surface area contributed by atoms with Crippen LogP contribution in [-0.4, -0.2) is 21.3 Å². The van der Waals surface area contributed by atoms with Crippen molar-refractivity contribution in [3.63, 3.8) is 0 Å². The Balaban J connectivity index is 1.88. The van der Waals surface area contributed by atoms with Gasteiger partial charge in [0.1, 0.15) is 12.1 Å². The van der Waals surface area contributed by atoms with E-state index in [0.29, 0.717) is 5.69 Å². The molecule has 2 aromatic carbocycles. The van der Waals surface area contributed by atoms with E-state index >= 15 is 0 Å². The fourth-order valence-corrected chi connectivity index (χ4v) is 2.79. The Bertz CT molecular complexity index is 1050. The third-order valence-electron chi connectivity index (χ3n) is 3.84. The number of nitro groups is 1. The lowest BCUT2D eigenvalue weighted by Crippen LogP contribution is -2.17. The topological polar surface area (TPSA) is 102 Å². The standard InChI is InChI=1S/C19H16F3N5O3/c1-11-7-12(2)9-14(8-11)26-18-16(27(28)29)17(23-10-24-18)25-13-3-5-15(6-4-13)30-19(20,21)22/h3-10H,1-2H3,(H2,23,24,25,26). The summed E-state index contributed by atoms with van der Waals surface area (Å²) < 4.78 is 40.6. The van der Waals surface area contributed by atoms with Crippen LogP contribution in [0.15, 0.2) is 48.8 Å². The van der Waals surface area contributed by atoms with Crippen molar-refractivity contribution in [1.82, 2.24) is 9.97 Å². The fraction of sp³-hybridized carbons (Fsp3) is 0.158. The average molecular weight is 419 g/mol. The molecule has 0 fully saturated rings. The van der Waals surface area contributed by atoms with E-state index < -0.39 is 22.7 Å². The highest BCUT2D eigenvalue weighted by molar-refractivity contribution is 5.77. The van der Waals surface area contributed by atoms with E-state index in [2.05, 4.69) is 25.3 Å². The number of benzene rings is 2. The summed E-state index contributed by atoms with van der Waals surface area (Å²) >= 11 is 0. The first-order valence-electron chi connectivity index (χ1n) is 8.58. The molecule has 1 aromatic heterocycles. The molecule has 0 saturated heterocycles. The number of anilines is 4. The molecule has 0 aliphatic carbocycles. The van der Waals surface area contributed by atoms with Crippen molar-refractivity contribution in [1.29, 1.82) is 0 Å². The highest BCUT2D eigenvalue weighted by atomic mass is 19.4. The van der Waals surface area contributed by atoms with Crippen LogP contribution in [0.4, 0.5) is 41.9 Å². The van der Waals surface area contributed by atoms with Crippen LogP contribution in [0.3, 0.4) is 0 Å². The Morgan fingerprint density at radius 2 is 1.47 bits per heavy atom. The quantitative estimate of drug-likeness (QED) is 0.408. The zero-order chi connectivity index (χ0) is 21.9. The van der Waals surface area contributed by atoms with Crippen molar-refractivity contribution in [3.05, 3.63) is 70.0 Å². The zero-order valence-electron chi connectivity index (χ0n) is 15.8. The first kappa shape index (κ1) is 20.8. The molecule has 0 amide bonds. The molecule has 0 unspecified atom stereocenters.